The van der Waals surface area contributed by atoms with Crippen LogP contribution in [0.5, 0.6) is 0 Å². The number of nitrogens with zero attached hydrogens (tertiary/aromatic N) is 1. The van der Waals surface area contributed by atoms with Crippen molar-refractivity contribution in [2.75, 3.05) is 19.6 Å². The van der Waals surface area contributed by atoms with Gasteiger partial charge in [-0.1, -0.05) is 19.8 Å². The predicted octanol–water partition coefficient (Wildman–Crippen LogP) is 4.06. The van der Waals surface area contributed by atoms with Crippen LogP contribution in [0.4, 0.5) is 0 Å². The summed E-state index contributed by atoms with van der Waals surface area (Å²) in [4.78, 5) is 17.1. The minimum atomic E-state index is 0.302. The third-order valence-electron chi connectivity index (χ3n) is 4.11. The molecular weight excluding hydrogens is 254 g/mol. The molecule has 106 valence electrons. The van der Waals surface area contributed by atoms with E-state index in [1.807, 2.05) is 6.07 Å². The fraction of sp³-hybridized carbons (Fsp3) is 0.688. The average Bonchev–Trinajstić information content (AvgIpc) is 2.71. The van der Waals surface area contributed by atoms with Crippen LogP contribution >= 0.6 is 11.3 Å². The quantitative estimate of drug-likeness (QED) is 0.758. The Morgan fingerprint density at radius 1 is 1.37 bits per heavy atom. The summed E-state index contributed by atoms with van der Waals surface area (Å²) < 4.78 is 0. The van der Waals surface area contributed by atoms with Gasteiger partial charge in [0.15, 0.2) is 5.78 Å². The van der Waals surface area contributed by atoms with Gasteiger partial charge in [-0.05, 0) is 51.8 Å². The summed E-state index contributed by atoms with van der Waals surface area (Å²) in [5.74, 6) is 1.19. The highest BCUT2D eigenvalue weighted by Gasteiger charge is 2.21. The van der Waals surface area contributed by atoms with Gasteiger partial charge in [0.05, 0.1) is 6.54 Å². The summed E-state index contributed by atoms with van der Waals surface area (Å²) in [5.41, 5.74) is 0.943. The van der Waals surface area contributed by atoms with E-state index < -0.39 is 0 Å². The molecule has 1 aliphatic heterocycles. The fourth-order valence-corrected chi connectivity index (χ4v) is 3.98. The summed E-state index contributed by atoms with van der Waals surface area (Å²) in [6.45, 7) is 9.19. The lowest BCUT2D eigenvalue weighted by Crippen LogP contribution is -2.37. The molecule has 1 saturated heterocycles. The summed E-state index contributed by atoms with van der Waals surface area (Å²) >= 11 is 1.73. The van der Waals surface area contributed by atoms with Gasteiger partial charge in [-0.25, -0.2) is 0 Å². The maximum absolute atomic E-state index is 12.3. The second kappa shape index (κ2) is 6.67. The second-order valence-electron chi connectivity index (χ2n) is 5.76. The Morgan fingerprint density at radius 2 is 2.05 bits per heavy atom. The van der Waals surface area contributed by atoms with Crippen molar-refractivity contribution in [3.05, 3.63) is 21.4 Å². The van der Waals surface area contributed by atoms with E-state index in [2.05, 4.69) is 25.7 Å². The van der Waals surface area contributed by atoms with Crippen molar-refractivity contribution in [3.8, 4) is 0 Å². The molecule has 0 unspecified atom stereocenters. The van der Waals surface area contributed by atoms with Gasteiger partial charge in [0, 0.05) is 15.3 Å². The first-order valence-electron chi connectivity index (χ1n) is 7.42. The monoisotopic (exact) mass is 279 g/mol. The SMILES string of the molecule is CCCC1CCN(CC(=O)c2cc(C)sc2C)CC1. The lowest BCUT2D eigenvalue weighted by atomic mass is 9.92. The van der Waals surface area contributed by atoms with E-state index in [4.69, 9.17) is 0 Å². The van der Waals surface area contributed by atoms with Gasteiger partial charge in [0.2, 0.25) is 0 Å². The Hall–Kier alpha value is -0.670. The number of carbonyl (C=O) groups is 1. The molecule has 0 N–H and O–H groups in total. The lowest BCUT2D eigenvalue weighted by Gasteiger charge is -2.31. The van der Waals surface area contributed by atoms with Crippen molar-refractivity contribution in [1.29, 1.82) is 0 Å². The third-order valence-corrected chi connectivity index (χ3v) is 5.08. The van der Waals surface area contributed by atoms with Crippen molar-refractivity contribution >= 4 is 17.1 Å². The standard InChI is InChI=1S/C16H25NOS/c1-4-5-14-6-8-17(9-7-14)11-16(18)15-10-12(2)19-13(15)3/h10,14H,4-9,11H2,1-3H3. The number of likely N-dealkylation sites (tertiary alicyclic amines) is 1. The van der Waals surface area contributed by atoms with Gasteiger partial charge in [0.25, 0.3) is 0 Å². The number of hydrogen-bond donors (Lipinski definition) is 0. The molecule has 0 aliphatic carbocycles. The van der Waals surface area contributed by atoms with Crippen LogP contribution in [0.15, 0.2) is 6.07 Å². The third kappa shape index (κ3) is 3.90. The zero-order valence-corrected chi connectivity index (χ0v) is 13.2. The minimum absolute atomic E-state index is 0.302. The van der Waals surface area contributed by atoms with Gasteiger partial charge in [0.1, 0.15) is 0 Å². The van der Waals surface area contributed by atoms with Crippen molar-refractivity contribution in [2.45, 2.75) is 46.5 Å². The maximum atomic E-state index is 12.3. The highest BCUT2D eigenvalue weighted by molar-refractivity contribution is 7.12. The van der Waals surface area contributed by atoms with E-state index in [1.165, 1.54) is 35.4 Å². The molecule has 0 aromatic carbocycles. The Bertz CT molecular complexity index is 430. The molecule has 1 aromatic heterocycles. The molecule has 3 heteroatoms. The Balaban J connectivity index is 1.85. The van der Waals surface area contributed by atoms with Gasteiger partial charge in [-0.3, -0.25) is 9.69 Å². The van der Waals surface area contributed by atoms with Crippen molar-refractivity contribution in [3.63, 3.8) is 0 Å². The normalized spacial score (nSPS) is 17.8. The number of aryl methyl sites for hydroxylation is 2. The van der Waals surface area contributed by atoms with Crippen LogP contribution in [-0.4, -0.2) is 30.3 Å². The van der Waals surface area contributed by atoms with Crippen LogP contribution in [0.25, 0.3) is 0 Å². The van der Waals surface area contributed by atoms with Gasteiger partial charge < -0.3 is 0 Å². The van der Waals surface area contributed by atoms with Gasteiger partial charge in [-0.2, -0.15) is 0 Å². The first kappa shape index (κ1) is 14.7. The summed E-state index contributed by atoms with van der Waals surface area (Å²) in [7, 11) is 0. The summed E-state index contributed by atoms with van der Waals surface area (Å²) in [6, 6.07) is 2.05. The zero-order valence-electron chi connectivity index (χ0n) is 12.4. The van der Waals surface area contributed by atoms with E-state index in [0.717, 1.165) is 24.6 Å². The lowest BCUT2D eigenvalue weighted by molar-refractivity contribution is 0.0893. The molecule has 2 heterocycles. The number of rotatable bonds is 5. The Labute approximate surface area is 120 Å². The number of hydrogen-bond acceptors (Lipinski definition) is 3. The molecule has 2 nitrogen and oxygen atoms in total. The molecular formula is C16H25NOS. The Morgan fingerprint density at radius 3 is 2.58 bits per heavy atom. The molecule has 0 atom stereocenters. The molecule has 1 fully saturated rings. The molecule has 19 heavy (non-hydrogen) atoms. The zero-order chi connectivity index (χ0) is 13.8. The molecule has 0 saturated carbocycles. The molecule has 0 bridgehead atoms. The van der Waals surface area contributed by atoms with E-state index in [0.29, 0.717) is 12.3 Å². The summed E-state index contributed by atoms with van der Waals surface area (Å²) in [6.07, 6.45) is 5.17. The number of ketones is 1. The topological polar surface area (TPSA) is 20.3 Å². The number of carbonyl (C=O) groups excluding carboxylic acids is 1. The van der Waals surface area contributed by atoms with Gasteiger partial charge >= 0.3 is 0 Å². The largest absolute Gasteiger partial charge is 0.296 e. The van der Waals surface area contributed by atoms with E-state index in [9.17, 15) is 4.79 Å². The van der Waals surface area contributed by atoms with E-state index >= 15 is 0 Å². The van der Waals surface area contributed by atoms with Gasteiger partial charge in [-0.15, -0.1) is 11.3 Å². The maximum Gasteiger partial charge on any atom is 0.177 e. The summed E-state index contributed by atoms with van der Waals surface area (Å²) in [5, 5.41) is 0. The molecule has 0 spiro atoms. The van der Waals surface area contributed by atoms with Crippen LogP contribution in [0.3, 0.4) is 0 Å². The van der Waals surface area contributed by atoms with Crippen molar-refractivity contribution in [2.24, 2.45) is 5.92 Å². The molecule has 0 radical (unpaired) electrons. The second-order valence-corrected chi connectivity index (χ2v) is 7.22. The minimum Gasteiger partial charge on any atom is -0.296 e. The highest BCUT2D eigenvalue weighted by atomic mass is 32.1. The number of piperidine rings is 1. The number of Topliss-reactive ketones (excluding diaryl/α,β-unsaturated/α-hetero) is 1. The van der Waals surface area contributed by atoms with E-state index in [1.54, 1.807) is 11.3 Å². The van der Waals surface area contributed by atoms with Crippen LogP contribution in [0.2, 0.25) is 0 Å². The fourth-order valence-electron chi connectivity index (χ4n) is 3.04. The molecule has 0 amide bonds. The first-order valence-corrected chi connectivity index (χ1v) is 8.24. The molecule has 1 aromatic rings. The van der Waals surface area contributed by atoms with E-state index in [-0.39, 0.29) is 0 Å². The van der Waals surface area contributed by atoms with Crippen molar-refractivity contribution < 1.29 is 4.79 Å². The average molecular weight is 279 g/mol. The predicted molar refractivity (Wildman–Crippen MR) is 82.2 cm³/mol. The van der Waals surface area contributed by atoms with Crippen LogP contribution < -0.4 is 0 Å². The van der Waals surface area contributed by atoms with Crippen LogP contribution in [0, 0.1) is 19.8 Å². The highest BCUT2D eigenvalue weighted by Crippen LogP contribution is 2.24. The smallest absolute Gasteiger partial charge is 0.177 e. The molecule has 1 aliphatic rings. The van der Waals surface area contributed by atoms with Crippen LogP contribution in [-0.2, 0) is 0 Å². The van der Waals surface area contributed by atoms with Crippen LogP contribution in [0.1, 0.15) is 52.7 Å². The molecule has 2 rings (SSSR count). The first-order chi connectivity index (χ1) is 9.10. The Kier molecular flexibility index (Phi) is 5.17. The van der Waals surface area contributed by atoms with Crippen molar-refractivity contribution in [1.82, 2.24) is 4.90 Å². The number of thiophene rings is 1.